The quantitative estimate of drug-likeness (QED) is 0.120. The summed E-state index contributed by atoms with van der Waals surface area (Å²) in [7, 11) is 0. The van der Waals surface area contributed by atoms with Crippen molar-refractivity contribution >= 4 is 0 Å². The second kappa shape index (κ2) is 27.2. The summed E-state index contributed by atoms with van der Waals surface area (Å²) in [4.78, 5) is 0. The van der Waals surface area contributed by atoms with Crippen LogP contribution in [0.3, 0.4) is 0 Å². The van der Waals surface area contributed by atoms with Gasteiger partial charge in [-0.1, -0.05) is 204 Å². The Labute approximate surface area is 501 Å². The molecule has 0 amide bonds. The van der Waals surface area contributed by atoms with Crippen LogP contribution in [0.5, 0.6) is 23.0 Å². The number of hydrogen-bond acceptors (Lipinski definition) is 8. The third-order valence-corrected chi connectivity index (χ3v) is 15.4. The van der Waals surface area contributed by atoms with Gasteiger partial charge in [-0.05, 0) is 115 Å². The predicted molar refractivity (Wildman–Crippen MR) is 338 cm³/mol. The molecule has 1 heterocycles. The first-order chi connectivity index (χ1) is 40.2. The molecule has 0 aliphatic carbocycles. The van der Waals surface area contributed by atoms with Crippen LogP contribution in [-0.4, -0.2) is 0 Å². The number of ether oxygens (including phenoxy) is 8. The van der Waals surface area contributed by atoms with Gasteiger partial charge in [0.15, 0.2) is 0 Å². The summed E-state index contributed by atoms with van der Waals surface area (Å²) in [6.07, 6.45) is 0. The van der Waals surface area contributed by atoms with Crippen LogP contribution >= 0.6 is 0 Å². The van der Waals surface area contributed by atoms with Gasteiger partial charge in [0, 0.05) is 44.5 Å². The van der Waals surface area contributed by atoms with Crippen LogP contribution in [0.15, 0.2) is 170 Å². The molecule has 1 aliphatic rings. The topological polar surface area (TPSA) is 73.8 Å². The van der Waals surface area contributed by atoms with Crippen LogP contribution in [0.2, 0.25) is 0 Å². The van der Waals surface area contributed by atoms with Crippen molar-refractivity contribution < 1.29 is 37.9 Å². The minimum absolute atomic E-state index is 0.198. The number of hydrogen-bond donors (Lipinski definition) is 0. The van der Waals surface area contributed by atoms with Gasteiger partial charge in [-0.25, -0.2) is 0 Å². The molecule has 440 valence electrons. The van der Waals surface area contributed by atoms with Gasteiger partial charge in [-0.2, -0.15) is 0 Å². The molecule has 0 spiro atoms. The largest absolute Gasteiger partial charge is 0.488 e. The van der Waals surface area contributed by atoms with Crippen LogP contribution in [0.1, 0.15) is 172 Å². The van der Waals surface area contributed by atoms with Gasteiger partial charge in [0.1, 0.15) is 49.4 Å². The van der Waals surface area contributed by atoms with E-state index in [1.54, 1.807) is 0 Å². The zero-order valence-electron chi connectivity index (χ0n) is 51.9. The Balaban J connectivity index is 1.19. The molecule has 8 aromatic carbocycles. The first-order valence-electron chi connectivity index (χ1n) is 29.8. The second-order valence-electron chi connectivity index (χ2n) is 26.6. The van der Waals surface area contributed by atoms with E-state index in [0.717, 1.165) is 112 Å². The van der Waals surface area contributed by atoms with Crippen molar-refractivity contribution in [1.29, 1.82) is 0 Å². The fraction of sp³-hybridized carbons (Fsp3) is 0.368. The number of rotatable bonds is 12. The Morgan fingerprint density at radius 2 is 0.405 bits per heavy atom. The fourth-order valence-electron chi connectivity index (χ4n) is 10.4. The molecule has 0 radical (unpaired) electrons. The number of fused-ring (bicyclic) bond motifs is 8. The first kappa shape index (κ1) is 61.4. The maximum Gasteiger partial charge on any atom is 0.130 e. The zero-order valence-corrected chi connectivity index (χ0v) is 51.9. The summed E-state index contributed by atoms with van der Waals surface area (Å²) in [6, 6.07) is 59.2. The van der Waals surface area contributed by atoms with Crippen LogP contribution in [0, 0.1) is 0 Å². The molecule has 0 aromatic heterocycles. The molecule has 0 saturated heterocycles. The number of benzene rings is 8. The molecule has 1 aliphatic heterocycles. The van der Waals surface area contributed by atoms with Gasteiger partial charge in [0.2, 0.25) is 0 Å². The summed E-state index contributed by atoms with van der Waals surface area (Å²) in [6.45, 7) is 30.7. The van der Waals surface area contributed by atoms with E-state index in [-0.39, 0.29) is 74.5 Å². The molecular weight excluding hydrogens is 1040 g/mol. The third-order valence-electron chi connectivity index (χ3n) is 15.4. The highest BCUT2D eigenvalue weighted by molar-refractivity contribution is 5.51. The molecule has 0 unspecified atom stereocenters. The SMILES string of the molecule is CC(C)(C)c1cc2c(OCc3ccccc3)c(c1)COCc1cc(C(C)(C)C)cc(c1OCc1ccccc1)COCc1cc(C(C)(C)C)cc(c1OCc1ccccc1)COCc1cc(C(C)(C)C)cc(c1OCc1ccccc1)COC2. The molecule has 8 aromatic rings. The lowest BCUT2D eigenvalue weighted by Crippen LogP contribution is -2.16. The average molecular weight is 1130 g/mol. The molecule has 84 heavy (non-hydrogen) atoms. The predicted octanol–water partition coefficient (Wildman–Crippen LogP) is 18.4. The molecule has 0 atom stereocenters. The highest BCUT2D eigenvalue weighted by atomic mass is 16.5. The summed E-state index contributed by atoms with van der Waals surface area (Å²) in [5, 5.41) is 0. The first-order valence-corrected chi connectivity index (χ1v) is 29.8. The Kier molecular flexibility index (Phi) is 19.9. The molecule has 8 heteroatoms. The standard InChI is InChI=1S/C76H88O8/c1-73(2,3)65-33-57-45-77-47-59-35-66(74(4,5)6)37-61(70(59)82-42-54-27-19-14-20-28-54)49-79-51-63-39-68(76(10,11)12)40-64(72(63)84-44-56-31-23-16-24-32-56)52-80-50-62-38-67(75(7,8)9)36-60(71(62)83-43-55-29-21-15-22-30-55)48-78-46-58(34-65)69(57)81-41-53-25-17-13-18-26-53/h13-40H,41-52H2,1-12H3. The van der Waals surface area contributed by atoms with Crippen molar-refractivity contribution in [3.63, 3.8) is 0 Å². The Morgan fingerprint density at radius 3 is 0.548 bits per heavy atom. The van der Waals surface area contributed by atoms with E-state index in [0.29, 0.717) is 26.4 Å². The monoisotopic (exact) mass is 1130 g/mol. The summed E-state index contributed by atoms with van der Waals surface area (Å²) in [5.74, 6) is 3.01. The molecule has 0 N–H and O–H groups in total. The van der Waals surface area contributed by atoms with E-state index in [9.17, 15) is 0 Å². The van der Waals surface area contributed by atoms with Gasteiger partial charge in [-0.15, -0.1) is 0 Å². The maximum absolute atomic E-state index is 6.99. The lowest BCUT2D eigenvalue weighted by atomic mass is 9.84. The van der Waals surface area contributed by atoms with Crippen molar-refractivity contribution in [2.45, 2.75) is 184 Å². The van der Waals surface area contributed by atoms with E-state index in [4.69, 9.17) is 37.9 Å². The van der Waals surface area contributed by atoms with Crippen molar-refractivity contribution in [3.8, 4) is 23.0 Å². The van der Waals surface area contributed by atoms with Crippen LogP contribution in [-0.2, 0) is 120 Å². The van der Waals surface area contributed by atoms with Crippen LogP contribution in [0.25, 0.3) is 0 Å². The molecule has 8 nitrogen and oxygen atoms in total. The summed E-state index contributed by atoms with van der Waals surface area (Å²) in [5.41, 5.74) is 15.6. The van der Waals surface area contributed by atoms with Crippen LogP contribution < -0.4 is 18.9 Å². The Morgan fingerprint density at radius 1 is 0.250 bits per heavy atom. The maximum atomic E-state index is 6.99. The minimum atomic E-state index is -0.198. The fourth-order valence-corrected chi connectivity index (χ4v) is 10.4. The second-order valence-corrected chi connectivity index (χ2v) is 26.6. The van der Waals surface area contributed by atoms with Crippen LogP contribution in [0.4, 0.5) is 0 Å². The Hall–Kier alpha value is -7.20. The van der Waals surface area contributed by atoms with Gasteiger partial charge >= 0.3 is 0 Å². The molecule has 9 rings (SSSR count). The van der Waals surface area contributed by atoms with Crippen molar-refractivity contribution in [3.05, 3.63) is 259 Å². The van der Waals surface area contributed by atoms with Gasteiger partial charge in [0.25, 0.3) is 0 Å². The third kappa shape index (κ3) is 16.6. The van der Waals surface area contributed by atoms with E-state index in [1.807, 2.05) is 72.8 Å². The molecular formula is C76H88O8. The molecule has 8 bridgehead atoms. The lowest BCUT2D eigenvalue weighted by Gasteiger charge is -2.27. The van der Waals surface area contributed by atoms with E-state index in [1.165, 1.54) is 0 Å². The van der Waals surface area contributed by atoms with E-state index >= 15 is 0 Å². The van der Waals surface area contributed by atoms with Crippen molar-refractivity contribution in [2.75, 3.05) is 0 Å². The van der Waals surface area contributed by atoms with Gasteiger partial charge < -0.3 is 37.9 Å². The minimum Gasteiger partial charge on any atom is -0.488 e. The van der Waals surface area contributed by atoms with Crippen molar-refractivity contribution in [1.82, 2.24) is 0 Å². The van der Waals surface area contributed by atoms with Gasteiger partial charge in [0.05, 0.1) is 52.9 Å². The summed E-state index contributed by atoms with van der Waals surface area (Å²) >= 11 is 0. The molecule has 0 saturated carbocycles. The smallest absolute Gasteiger partial charge is 0.130 e. The average Bonchev–Trinajstić information content (AvgIpc) is 3.56. The highest BCUT2D eigenvalue weighted by Crippen LogP contribution is 2.40. The highest BCUT2D eigenvalue weighted by Gasteiger charge is 2.27. The van der Waals surface area contributed by atoms with Gasteiger partial charge in [-0.3, -0.25) is 0 Å². The van der Waals surface area contributed by atoms with Crippen molar-refractivity contribution in [2.24, 2.45) is 0 Å². The normalized spacial score (nSPS) is 14.0. The Bertz CT molecular complexity index is 2860. The zero-order chi connectivity index (χ0) is 59.5. The lowest BCUT2D eigenvalue weighted by molar-refractivity contribution is 0.0894. The summed E-state index contributed by atoms with van der Waals surface area (Å²) < 4.78 is 55.8. The van der Waals surface area contributed by atoms with E-state index in [2.05, 4.69) is 180 Å². The van der Waals surface area contributed by atoms with E-state index < -0.39 is 0 Å². The molecule has 0 fully saturated rings.